The average Bonchev–Trinajstić information content (AvgIpc) is 2.83. The standard InChI is InChI=1S/C12H12Br2N2O2S2/c1-7-2-10(13)12(11(14)3-7)16-20(17,18)9-4-8(5-15)19-6-9/h2-4,6,16H,5,15H2,1H3. The van der Waals surface area contributed by atoms with Gasteiger partial charge in [-0.1, -0.05) is 0 Å². The van der Waals surface area contributed by atoms with E-state index in [1.54, 1.807) is 11.4 Å². The fourth-order valence-corrected chi connectivity index (χ4v) is 5.73. The van der Waals surface area contributed by atoms with Crippen LogP contribution in [0.4, 0.5) is 5.69 Å². The van der Waals surface area contributed by atoms with E-state index in [9.17, 15) is 8.42 Å². The molecular weight excluding hydrogens is 428 g/mol. The molecule has 0 aliphatic carbocycles. The third-order valence-corrected chi connectivity index (χ3v) is 6.25. The molecule has 0 aliphatic heterocycles. The van der Waals surface area contributed by atoms with Crippen molar-refractivity contribution in [3.63, 3.8) is 0 Å². The van der Waals surface area contributed by atoms with Crippen molar-refractivity contribution in [2.45, 2.75) is 18.4 Å². The molecule has 0 radical (unpaired) electrons. The van der Waals surface area contributed by atoms with Gasteiger partial charge in [0.05, 0.1) is 10.6 Å². The monoisotopic (exact) mass is 438 g/mol. The summed E-state index contributed by atoms with van der Waals surface area (Å²) in [6, 6.07) is 5.28. The Kier molecular flexibility index (Phi) is 4.91. The number of nitrogens with two attached hydrogens (primary N) is 1. The van der Waals surface area contributed by atoms with Crippen LogP contribution in [0.3, 0.4) is 0 Å². The van der Waals surface area contributed by atoms with Gasteiger partial charge in [0.15, 0.2) is 0 Å². The van der Waals surface area contributed by atoms with Crippen molar-refractivity contribution in [2.75, 3.05) is 4.72 Å². The zero-order chi connectivity index (χ0) is 14.9. The number of aryl methyl sites for hydroxylation is 1. The summed E-state index contributed by atoms with van der Waals surface area (Å²) < 4.78 is 28.6. The minimum absolute atomic E-state index is 0.224. The van der Waals surface area contributed by atoms with Crippen molar-refractivity contribution >= 4 is 58.9 Å². The van der Waals surface area contributed by atoms with Crippen LogP contribution >= 0.6 is 43.2 Å². The lowest BCUT2D eigenvalue weighted by atomic mass is 10.2. The Balaban J connectivity index is 2.38. The van der Waals surface area contributed by atoms with Gasteiger partial charge in [-0.3, -0.25) is 4.72 Å². The maximum Gasteiger partial charge on any atom is 0.262 e. The lowest BCUT2D eigenvalue weighted by Crippen LogP contribution is -2.13. The summed E-state index contributed by atoms with van der Waals surface area (Å²) >= 11 is 8.07. The highest BCUT2D eigenvalue weighted by Gasteiger charge is 2.19. The van der Waals surface area contributed by atoms with Crippen LogP contribution < -0.4 is 10.5 Å². The Labute approximate surface area is 138 Å². The maximum atomic E-state index is 12.3. The van der Waals surface area contributed by atoms with Gasteiger partial charge < -0.3 is 5.73 Å². The van der Waals surface area contributed by atoms with Gasteiger partial charge in [0.25, 0.3) is 10.0 Å². The van der Waals surface area contributed by atoms with Crippen LogP contribution in [0, 0.1) is 6.92 Å². The normalized spacial score (nSPS) is 11.6. The molecule has 1 aromatic carbocycles. The van der Waals surface area contributed by atoms with E-state index < -0.39 is 10.0 Å². The van der Waals surface area contributed by atoms with Crippen LogP contribution in [0.2, 0.25) is 0 Å². The predicted octanol–water partition coefficient (Wildman–Crippen LogP) is 3.84. The molecule has 2 rings (SSSR count). The zero-order valence-electron chi connectivity index (χ0n) is 10.5. The van der Waals surface area contributed by atoms with Gasteiger partial charge in [-0.25, -0.2) is 8.42 Å². The highest BCUT2D eigenvalue weighted by atomic mass is 79.9. The lowest BCUT2D eigenvalue weighted by molar-refractivity contribution is 0.601. The Morgan fingerprint density at radius 2 is 1.85 bits per heavy atom. The number of nitrogens with one attached hydrogen (secondary N) is 1. The molecule has 20 heavy (non-hydrogen) atoms. The number of rotatable bonds is 4. The summed E-state index contributed by atoms with van der Waals surface area (Å²) in [5, 5.41) is 1.58. The highest BCUT2D eigenvalue weighted by Crippen LogP contribution is 2.34. The second kappa shape index (κ2) is 6.15. The molecule has 1 heterocycles. The second-order valence-corrected chi connectivity index (χ2v) is 8.55. The Morgan fingerprint density at radius 3 is 2.35 bits per heavy atom. The second-order valence-electron chi connectivity index (χ2n) is 4.16. The van der Waals surface area contributed by atoms with E-state index in [1.165, 1.54) is 11.3 Å². The number of halogens is 2. The topological polar surface area (TPSA) is 72.2 Å². The number of benzene rings is 1. The van der Waals surface area contributed by atoms with Gasteiger partial charge in [0.2, 0.25) is 0 Å². The van der Waals surface area contributed by atoms with E-state index in [-0.39, 0.29) is 4.90 Å². The van der Waals surface area contributed by atoms with Gasteiger partial charge in [0.1, 0.15) is 0 Å². The SMILES string of the molecule is Cc1cc(Br)c(NS(=O)(=O)c2csc(CN)c2)c(Br)c1. The number of anilines is 1. The summed E-state index contributed by atoms with van der Waals surface area (Å²) in [7, 11) is -3.62. The van der Waals surface area contributed by atoms with E-state index >= 15 is 0 Å². The molecule has 0 saturated carbocycles. The van der Waals surface area contributed by atoms with E-state index in [2.05, 4.69) is 36.6 Å². The maximum absolute atomic E-state index is 12.3. The van der Waals surface area contributed by atoms with Gasteiger partial charge in [0, 0.05) is 25.7 Å². The van der Waals surface area contributed by atoms with Crippen LogP contribution in [0.1, 0.15) is 10.4 Å². The van der Waals surface area contributed by atoms with Crippen LogP contribution in [0.25, 0.3) is 0 Å². The Bertz CT molecular complexity index is 719. The molecule has 4 nitrogen and oxygen atoms in total. The van der Waals surface area contributed by atoms with Crippen molar-refractivity contribution in [3.8, 4) is 0 Å². The first-order valence-corrected chi connectivity index (χ1v) is 9.54. The van der Waals surface area contributed by atoms with Crippen LogP contribution in [-0.2, 0) is 16.6 Å². The first-order chi connectivity index (χ1) is 9.33. The molecule has 0 amide bonds. The number of hydrogen-bond donors (Lipinski definition) is 2. The molecule has 2 aromatic rings. The Morgan fingerprint density at radius 1 is 1.25 bits per heavy atom. The van der Waals surface area contributed by atoms with Crippen molar-refractivity contribution in [2.24, 2.45) is 5.73 Å². The van der Waals surface area contributed by atoms with Gasteiger partial charge in [-0.15, -0.1) is 11.3 Å². The minimum atomic E-state index is -3.62. The molecule has 0 aliphatic rings. The van der Waals surface area contributed by atoms with Gasteiger partial charge >= 0.3 is 0 Å². The van der Waals surface area contributed by atoms with Gasteiger partial charge in [-0.05, 0) is 62.5 Å². The largest absolute Gasteiger partial charge is 0.326 e. The van der Waals surface area contributed by atoms with Crippen molar-refractivity contribution in [3.05, 3.63) is 43.0 Å². The summed E-state index contributed by atoms with van der Waals surface area (Å²) in [6.07, 6.45) is 0. The number of thiophene rings is 1. The summed E-state index contributed by atoms with van der Waals surface area (Å²) in [5.74, 6) is 0. The predicted molar refractivity (Wildman–Crippen MR) is 89.6 cm³/mol. The Hall–Kier alpha value is -0.410. The van der Waals surface area contributed by atoms with Crippen LogP contribution in [0.5, 0.6) is 0 Å². The number of hydrogen-bond acceptors (Lipinski definition) is 4. The van der Waals surface area contributed by atoms with Crippen LogP contribution in [0.15, 0.2) is 37.4 Å². The van der Waals surface area contributed by atoms with E-state index in [1.807, 2.05) is 19.1 Å². The van der Waals surface area contributed by atoms with Crippen molar-refractivity contribution < 1.29 is 8.42 Å². The molecule has 1 aromatic heterocycles. The van der Waals surface area contributed by atoms with E-state index in [4.69, 9.17) is 5.73 Å². The molecule has 0 saturated heterocycles. The van der Waals surface area contributed by atoms with Crippen molar-refractivity contribution in [1.29, 1.82) is 0 Å². The van der Waals surface area contributed by atoms with Gasteiger partial charge in [-0.2, -0.15) is 0 Å². The fourth-order valence-electron chi connectivity index (χ4n) is 1.60. The molecule has 0 fully saturated rings. The molecule has 108 valence electrons. The molecule has 0 spiro atoms. The van der Waals surface area contributed by atoms with E-state index in [0.717, 1.165) is 10.4 Å². The molecule has 0 unspecified atom stereocenters. The highest BCUT2D eigenvalue weighted by molar-refractivity contribution is 9.11. The molecule has 3 N–H and O–H groups in total. The van der Waals surface area contributed by atoms with Crippen molar-refractivity contribution in [1.82, 2.24) is 0 Å². The average molecular weight is 440 g/mol. The summed E-state index contributed by atoms with van der Waals surface area (Å²) in [4.78, 5) is 1.05. The molecule has 0 atom stereocenters. The molecule has 0 bridgehead atoms. The third-order valence-electron chi connectivity index (χ3n) is 2.56. The molecule has 8 heteroatoms. The fraction of sp³-hybridized carbons (Fsp3) is 0.167. The zero-order valence-corrected chi connectivity index (χ0v) is 15.3. The molecular formula is C12H12Br2N2O2S2. The first-order valence-electron chi connectivity index (χ1n) is 5.59. The summed E-state index contributed by atoms with van der Waals surface area (Å²) in [5.41, 5.74) is 7.01. The lowest BCUT2D eigenvalue weighted by Gasteiger charge is -2.11. The van der Waals surface area contributed by atoms with Crippen LogP contribution in [-0.4, -0.2) is 8.42 Å². The van der Waals surface area contributed by atoms with E-state index in [0.29, 0.717) is 21.2 Å². The first kappa shape index (κ1) is 16.0. The quantitative estimate of drug-likeness (QED) is 0.759. The smallest absolute Gasteiger partial charge is 0.262 e. The minimum Gasteiger partial charge on any atom is -0.326 e. The number of sulfonamides is 1. The third kappa shape index (κ3) is 3.43. The summed E-state index contributed by atoms with van der Waals surface area (Å²) in [6.45, 7) is 2.26.